The van der Waals surface area contributed by atoms with Crippen LogP contribution in [-0.2, 0) is 5.33 Å². The van der Waals surface area contributed by atoms with E-state index < -0.39 is 0 Å². The van der Waals surface area contributed by atoms with Crippen LogP contribution in [0.2, 0.25) is 0 Å². The van der Waals surface area contributed by atoms with E-state index in [9.17, 15) is 4.79 Å². The molecule has 19 heavy (non-hydrogen) atoms. The molecule has 2 heterocycles. The lowest BCUT2D eigenvalue weighted by Gasteiger charge is -2.04. The third kappa shape index (κ3) is 1.87. The zero-order valence-corrected chi connectivity index (χ0v) is 13.5. The largest absolute Gasteiger partial charge is 0.459 e. The molecular formula is C14H10Br2O3. The van der Waals surface area contributed by atoms with Crippen LogP contribution in [0.15, 0.2) is 30.2 Å². The second-order valence-corrected chi connectivity index (χ2v) is 5.83. The van der Waals surface area contributed by atoms with Crippen molar-refractivity contribution < 1.29 is 8.83 Å². The van der Waals surface area contributed by atoms with Crippen LogP contribution in [0, 0.1) is 13.8 Å². The van der Waals surface area contributed by atoms with Gasteiger partial charge in [0, 0.05) is 22.4 Å². The first-order valence-corrected chi connectivity index (χ1v) is 7.65. The van der Waals surface area contributed by atoms with Crippen molar-refractivity contribution >= 4 is 53.8 Å². The van der Waals surface area contributed by atoms with Gasteiger partial charge >= 0.3 is 5.63 Å². The molecule has 98 valence electrons. The summed E-state index contributed by atoms with van der Waals surface area (Å²) in [7, 11) is 0. The lowest BCUT2D eigenvalue weighted by molar-refractivity contribution is 0.550. The van der Waals surface area contributed by atoms with Gasteiger partial charge in [-0.1, -0.05) is 15.9 Å². The van der Waals surface area contributed by atoms with E-state index in [1.807, 2.05) is 19.9 Å². The smallest absolute Gasteiger partial charge is 0.336 e. The summed E-state index contributed by atoms with van der Waals surface area (Å²) in [6.45, 7) is 3.81. The quantitative estimate of drug-likeness (QED) is 0.445. The molecule has 2 aromatic heterocycles. The fraction of sp³-hybridized carbons (Fsp3) is 0.214. The van der Waals surface area contributed by atoms with Crippen molar-refractivity contribution in [2.24, 2.45) is 0 Å². The van der Waals surface area contributed by atoms with Crippen molar-refractivity contribution in [1.82, 2.24) is 0 Å². The number of halogens is 2. The van der Waals surface area contributed by atoms with E-state index in [-0.39, 0.29) is 5.63 Å². The molecule has 0 spiro atoms. The third-order valence-corrected chi connectivity index (χ3v) is 4.63. The Morgan fingerprint density at radius 3 is 2.47 bits per heavy atom. The zero-order chi connectivity index (χ0) is 13.7. The van der Waals surface area contributed by atoms with Gasteiger partial charge in [0.25, 0.3) is 0 Å². The molecule has 3 nitrogen and oxygen atoms in total. The number of hydrogen-bond donors (Lipinski definition) is 0. The van der Waals surface area contributed by atoms with Crippen molar-refractivity contribution in [3.05, 3.63) is 43.9 Å². The summed E-state index contributed by atoms with van der Waals surface area (Å²) in [6.07, 6.45) is 0. The Bertz CT molecular complexity index is 859. The molecule has 3 aromatic rings. The minimum atomic E-state index is -0.334. The second-order valence-electron chi connectivity index (χ2n) is 4.48. The minimum Gasteiger partial charge on any atom is -0.459 e. The number of rotatable bonds is 1. The van der Waals surface area contributed by atoms with E-state index in [1.54, 1.807) is 0 Å². The minimum absolute atomic E-state index is 0.334. The molecule has 0 aliphatic rings. The van der Waals surface area contributed by atoms with Gasteiger partial charge in [0.15, 0.2) is 0 Å². The third-order valence-electron chi connectivity index (χ3n) is 3.25. The van der Waals surface area contributed by atoms with Gasteiger partial charge in [0.05, 0.1) is 9.80 Å². The summed E-state index contributed by atoms with van der Waals surface area (Å²) >= 11 is 6.95. The van der Waals surface area contributed by atoms with E-state index in [4.69, 9.17) is 8.83 Å². The van der Waals surface area contributed by atoms with E-state index in [1.165, 1.54) is 6.07 Å². The highest BCUT2D eigenvalue weighted by atomic mass is 79.9. The Morgan fingerprint density at radius 2 is 1.79 bits per heavy atom. The van der Waals surface area contributed by atoms with Gasteiger partial charge in [-0.25, -0.2) is 4.79 Å². The monoisotopic (exact) mass is 384 g/mol. The predicted octanol–water partition coefficient (Wildman–Crippen LogP) is 4.81. The first kappa shape index (κ1) is 12.9. The number of fused-ring (bicyclic) bond motifs is 2. The van der Waals surface area contributed by atoms with Gasteiger partial charge in [-0.2, -0.15) is 0 Å². The normalized spacial score (nSPS) is 11.6. The van der Waals surface area contributed by atoms with Crippen LogP contribution in [0.1, 0.15) is 16.9 Å². The summed E-state index contributed by atoms with van der Waals surface area (Å²) in [4.78, 5) is 11.5. The molecule has 0 radical (unpaired) electrons. The van der Waals surface area contributed by atoms with Gasteiger partial charge < -0.3 is 8.83 Å². The molecule has 0 aliphatic heterocycles. The van der Waals surface area contributed by atoms with Crippen molar-refractivity contribution in [3.8, 4) is 0 Å². The van der Waals surface area contributed by atoms with Crippen LogP contribution in [-0.4, -0.2) is 0 Å². The maximum absolute atomic E-state index is 11.5. The molecule has 0 bridgehead atoms. The highest BCUT2D eigenvalue weighted by Crippen LogP contribution is 2.37. The fourth-order valence-electron chi connectivity index (χ4n) is 2.29. The zero-order valence-electron chi connectivity index (χ0n) is 10.3. The molecule has 3 rings (SSSR count). The molecule has 0 aliphatic carbocycles. The molecule has 0 fully saturated rings. The molecule has 0 saturated heterocycles. The molecule has 0 amide bonds. The van der Waals surface area contributed by atoms with E-state index in [0.29, 0.717) is 10.9 Å². The van der Waals surface area contributed by atoms with Crippen LogP contribution in [0.4, 0.5) is 0 Å². The summed E-state index contributed by atoms with van der Waals surface area (Å²) in [5, 5.41) is 2.56. The maximum atomic E-state index is 11.5. The number of furan rings is 1. The topological polar surface area (TPSA) is 43.4 Å². The standard InChI is InChI=1S/C14H10Br2O3/c1-6-3-11(17)19-13-7(2)14-9(4-8(6)13)12(16)10(5-15)18-14/h3-4H,5H2,1-2H3. The molecule has 1 aromatic carbocycles. The van der Waals surface area contributed by atoms with Crippen molar-refractivity contribution in [2.75, 3.05) is 0 Å². The summed E-state index contributed by atoms with van der Waals surface area (Å²) in [6, 6.07) is 3.50. The van der Waals surface area contributed by atoms with Crippen molar-refractivity contribution in [3.63, 3.8) is 0 Å². The highest BCUT2D eigenvalue weighted by Gasteiger charge is 2.17. The van der Waals surface area contributed by atoms with Gasteiger partial charge in [-0.15, -0.1) is 0 Å². The van der Waals surface area contributed by atoms with E-state index in [0.717, 1.165) is 37.7 Å². The van der Waals surface area contributed by atoms with Gasteiger partial charge in [0.1, 0.15) is 16.9 Å². The van der Waals surface area contributed by atoms with Crippen LogP contribution < -0.4 is 5.63 Å². The van der Waals surface area contributed by atoms with Crippen molar-refractivity contribution in [1.29, 1.82) is 0 Å². The van der Waals surface area contributed by atoms with Crippen LogP contribution in [0.25, 0.3) is 21.9 Å². The lowest BCUT2D eigenvalue weighted by atomic mass is 10.1. The molecule has 0 unspecified atom stereocenters. The molecule has 0 N–H and O–H groups in total. The SMILES string of the molecule is Cc1cc(=O)oc2c(C)c3oc(CBr)c(Br)c3cc12. The number of hydrogen-bond acceptors (Lipinski definition) is 3. The summed E-state index contributed by atoms with van der Waals surface area (Å²) < 4.78 is 12.1. The van der Waals surface area contributed by atoms with Crippen LogP contribution in [0.3, 0.4) is 0 Å². The van der Waals surface area contributed by atoms with Gasteiger partial charge in [-0.3, -0.25) is 0 Å². The average molecular weight is 386 g/mol. The molecule has 5 heteroatoms. The summed E-state index contributed by atoms with van der Waals surface area (Å²) in [5.41, 5.74) is 2.77. The van der Waals surface area contributed by atoms with Gasteiger partial charge in [0.2, 0.25) is 0 Å². The first-order valence-electron chi connectivity index (χ1n) is 5.74. The van der Waals surface area contributed by atoms with E-state index in [2.05, 4.69) is 31.9 Å². The number of benzene rings is 1. The number of aryl methyl sites for hydroxylation is 2. The Balaban J connectivity index is 2.58. The van der Waals surface area contributed by atoms with Gasteiger partial charge in [-0.05, 0) is 41.4 Å². The molecular weight excluding hydrogens is 376 g/mol. The predicted molar refractivity (Wildman–Crippen MR) is 82.1 cm³/mol. The van der Waals surface area contributed by atoms with E-state index >= 15 is 0 Å². The van der Waals surface area contributed by atoms with Crippen LogP contribution in [0.5, 0.6) is 0 Å². The Hall–Kier alpha value is -1.07. The maximum Gasteiger partial charge on any atom is 0.336 e. The first-order chi connectivity index (χ1) is 9.02. The highest BCUT2D eigenvalue weighted by molar-refractivity contribution is 9.11. The fourth-order valence-corrected chi connectivity index (χ4v) is 3.58. The Labute approximate surface area is 125 Å². The second kappa shape index (κ2) is 4.49. The Kier molecular flexibility index (Phi) is 3.06. The number of alkyl halides is 1. The lowest BCUT2D eigenvalue weighted by Crippen LogP contribution is -1.98. The summed E-state index contributed by atoms with van der Waals surface area (Å²) in [5.74, 6) is 0.827. The Morgan fingerprint density at radius 1 is 1.11 bits per heavy atom. The molecule has 0 saturated carbocycles. The molecule has 0 atom stereocenters. The average Bonchev–Trinajstić information content (AvgIpc) is 2.69. The van der Waals surface area contributed by atoms with Crippen molar-refractivity contribution in [2.45, 2.75) is 19.2 Å². The van der Waals surface area contributed by atoms with Crippen LogP contribution >= 0.6 is 31.9 Å².